The minimum Gasteiger partial charge on any atom is -0.379 e. The molecule has 1 atom stereocenters. The Labute approximate surface area is 428 Å². The Hall–Kier alpha value is -2.20. The van der Waals surface area contributed by atoms with Crippen LogP contribution < -0.4 is 16.0 Å². The van der Waals surface area contributed by atoms with Gasteiger partial charge in [-0.2, -0.15) is 0 Å². The molecule has 70 heavy (non-hydrogen) atoms. The third-order valence-corrected chi connectivity index (χ3v) is 12.3. The van der Waals surface area contributed by atoms with Crippen LogP contribution in [0.2, 0.25) is 0 Å². The van der Waals surface area contributed by atoms with Gasteiger partial charge in [-0.1, -0.05) is 149 Å². The number of ether oxygens (including phenoxy) is 7. The van der Waals surface area contributed by atoms with Gasteiger partial charge in [-0.3, -0.25) is 19.2 Å². The van der Waals surface area contributed by atoms with E-state index in [9.17, 15) is 19.2 Å². The summed E-state index contributed by atoms with van der Waals surface area (Å²) in [5, 5.41) is 9.00. The van der Waals surface area contributed by atoms with Crippen molar-refractivity contribution in [3.63, 3.8) is 0 Å². The van der Waals surface area contributed by atoms with Crippen LogP contribution in [0.25, 0.3) is 0 Å². The molecule has 0 rings (SSSR count). The summed E-state index contributed by atoms with van der Waals surface area (Å²) in [7, 11) is 0. The van der Waals surface area contributed by atoms with Gasteiger partial charge in [0.05, 0.1) is 72.7 Å². The second kappa shape index (κ2) is 57.7. The van der Waals surface area contributed by atoms with Gasteiger partial charge in [0.25, 0.3) is 0 Å². The summed E-state index contributed by atoms with van der Waals surface area (Å²) in [6.45, 7) is 15.1. The van der Waals surface area contributed by atoms with Gasteiger partial charge >= 0.3 is 0 Å². The van der Waals surface area contributed by atoms with Crippen LogP contribution in [-0.2, 0) is 52.3 Å². The molecule has 414 valence electrons. The Kier molecular flexibility index (Phi) is 55.9. The van der Waals surface area contributed by atoms with Crippen molar-refractivity contribution < 1.29 is 52.3 Å². The summed E-state index contributed by atoms with van der Waals surface area (Å²) in [6, 6.07) is 0. The van der Waals surface area contributed by atoms with E-state index in [0.29, 0.717) is 151 Å². The van der Waals surface area contributed by atoms with E-state index >= 15 is 0 Å². The van der Waals surface area contributed by atoms with Gasteiger partial charge < -0.3 is 49.1 Å². The lowest BCUT2D eigenvalue weighted by molar-refractivity contribution is -0.129. The lowest BCUT2D eigenvalue weighted by atomic mass is 9.93. The highest BCUT2D eigenvalue weighted by Crippen LogP contribution is 2.18. The maximum absolute atomic E-state index is 13.3. The molecule has 0 saturated heterocycles. The summed E-state index contributed by atoms with van der Waals surface area (Å²) < 4.78 is 38.4. The number of nitrogens with one attached hydrogen (secondary N) is 3. The van der Waals surface area contributed by atoms with Crippen LogP contribution in [0.1, 0.15) is 220 Å². The van der Waals surface area contributed by atoms with Crippen LogP contribution in [0.4, 0.5) is 0 Å². The lowest BCUT2D eigenvalue weighted by Gasteiger charge is -2.17. The lowest BCUT2D eigenvalue weighted by Crippen LogP contribution is -2.33. The molecule has 3 amide bonds. The second-order valence-electron chi connectivity index (χ2n) is 18.8. The number of rotatable bonds is 59. The molecular formula is C56H109N3O11. The number of unbranched alkanes of at least 4 members (excludes halogenated alkanes) is 21. The van der Waals surface area contributed by atoms with Crippen LogP contribution >= 0.6 is 0 Å². The summed E-state index contributed by atoms with van der Waals surface area (Å²) in [5.74, 6) is -0.169. The summed E-state index contributed by atoms with van der Waals surface area (Å²) in [6.07, 6.45) is 32.9. The molecule has 0 radical (unpaired) electrons. The SMILES string of the molecule is CCCCCCCCCCCCCC(=O)C[C@H](CCCCNC(=O)CCCCCCCCCCCCC)C(=O)NCCCOCCOCCOCCCNC(=O)CCOCCOCCOCCOCC. The zero-order chi connectivity index (χ0) is 50.9. The van der Waals surface area contributed by atoms with Gasteiger partial charge in [0, 0.05) is 71.1 Å². The third kappa shape index (κ3) is 53.6. The average Bonchev–Trinajstić information content (AvgIpc) is 3.35. The maximum Gasteiger partial charge on any atom is 0.223 e. The minimum absolute atomic E-state index is 0.0513. The summed E-state index contributed by atoms with van der Waals surface area (Å²) in [5.41, 5.74) is 0. The Morgan fingerprint density at radius 2 is 0.686 bits per heavy atom. The molecule has 0 unspecified atom stereocenters. The number of hydrogen-bond acceptors (Lipinski definition) is 11. The Morgan fingerprint density at radius 1 is 0.329 bits per heavy atom. The van der Waals surface area contributed by atoms with E-state index in [-0.39, 0.29) is 35.8 Å². The van der Waals surface area contributed by atoms with Gasteiger partial charge in [-0.05, 0) is 45.4 Å². The van der Waals surface area contributed by atoms with E-state index in [1.54, 1.807) is 0 Å². The predicted octanol–water partition coefficient (Wildman–Crippen LogP) is 10.8. The van der Waals surface area contributed by atoms with E-state index in [2.05, 4.69) is 29.8 Å². The van der Waals surface area contributed by atoms with Gasteiger partial charge in [0.15, 0.2) is 0 Å². The second-order valence-corrected chi connectivity index (χ2v) is 18.8. The van der Waals surface area contributed by atoms with Crippen LogP contribution in [0.15, 0.2) is 0 Å². The number of hydrogen-bond donors (Lipinski definition) is 3. The number of ketones is 1. The number of carbonyl (C=O) groups excluding carboxylic acids is 4. The first-order valence-electron chi connectivity index (χ1n) is 28.8. The highest BCUT2D eigenvalue weighted by molar-refractivity contribution is 5.86. The number of carbonyl (C=O) groups is 4. The van der Waals surface area contributed by atoms with Crippen molar-refractivity contribution in [1.29, 1.82) is 0 Å². The van der Waals surface area contributed by atoms with Crippen molar-refractivity contribution in [2.24, 2.45) is 5.92 Å². The molecule has 0 aromatic rings. The molecule has 0 bridgehead atoms. The summed E-state index contributed by atoms with van der Waals surface area (Å²) in [4.78, 5) is 50.8. The third-order valence-electron chi connectivity index (χ3n) is 12.3. The zero-order valence-corrected chi connectivity index (χ0v) is 45.5. The van der Waals surface area contributed by atoms with Crippen molar-refractivity contribution >= 4 is 23.5 Å². The normalized spacial score (nSPS) is 11.8. The van der Waals surface area contributed by atoms with Crippen molar-refractivity contribution in [2.75, 3.05) is 112 Å². The van der Waals surface area contributed by atoms with Gasteiger partial charge in [0.2, 0.25) is 17.7 Å². The van der Waals surface area contributed by atoms with Gasteiger partial charge in [0.1, 0.15) is 5.78 Å². The van der Waals surface area contributed by atoms with Crippen molar-refractivity contribution in [2.45, 2.75) is 220 Å². The molecule has 14 nitrogen and oxygen atoms in total. The molecule has 0 aliphatic carbocycles. The van der Waals surface area contributed by atoms with Gasteiger partial charge in [-0.25, -0.2) is 0 Å². The standard InChI is InChI=1S/C56H109N3O11/c1-4-7-9-11-13-15-17-19-21-23-25-32-53(60)51-52(31-27-28-35-57-54(61)33-26-24-22-20-18-16-14-12-10-8-5-2)56(63)59-37-30-39-66-44-47-69-46-43-65-38-29-36-58-55(62)34-40-67-45-48-70-50-49-68-42-41-64-6-3/h52H,4-51H2,1-3H3,(H,57,61)(H,58,62)(H,59,63)/t52-/m0/s1. The first-order chi connectivity index (χ1) is 34.4. The molecule has 0 heterocycles. The van der Waals surface area contributed by atoms with Crippen LogP contribution in [0, 0.1) is 5.92 Å². The van der Waals surface area contributed by atoms with E-state index < -0.39 is 0 Å². The molecule has 14 heteroatoms. The fourth-order valence-corrected chi connectivity index (χ4v) is 8.00. The van der Waals surface area contributed by atoms with Crippen molar-refractivity contribution in [1.82, 2.24) is 16.0 Å². The molecule has 0 saturated carbocycles. The quantitative estimate of drug-likeness (QED) is 0.0496. The largest absolute Gasteiger partial charge is 0.379 e. The van der Waals surface area contributed by atoms with Crippen LogP contribution in [-0.4, -0.2) is 136 Å². The molecule has 3 N–H and O–H groups in total. The fourth-order valence-electron chi connectivity index (χ4n) is 8.00. The topological polar surface area (TPSA) is 169 Å². The monoisotopic (exact) mass is 1000 g/mol. The average molecular weight is 1000 g/mol. The zero-order valence-electron chi connectivity index (χ0n) is 45.5. The van der Waals surface area contributed by atoms with E-state index in [1.165, 1.54) is 116 Å². The van der Waals surface area contributed by atoms with Crippen LogP contribution in [0.5, 0.6) is 0 Å². The molecular weight excluding hydrogens is 891 g/mol. The van der Waals surface area contributed by atoms with Crippen molar-refractivity contribution in [3.8, 4) is 0 Å². The van der Waals surface area contributed by atoms with E-state index in [1.807, 2.05) is 6.92 Å². The predicted molar refractivity (Wildman–Crippen MR) is 283 cm³/mol. The molecule has 0 fully saturated rings. The Bertz CT molecular complexity index is 1130. The molecule has 0 aromatic carbocycles. The Balaban J connectivity index is 4.14. The number of Topliss-reactive ketones (excluding diaryl/α,β-unsaturated/α-hetero) is 1. The minimum atomic E-state index is -0.350. The van der Waals surface area contributed by atoms with E-state index in [4.69, 9.17) is 33.2 Å². The summed E-state index contributed by atoms with van der Waals surface area (Å²) >= 11 is 0. The highest BCUT2D eigenvalue weighted by atomic mass is 16.6. The van der Waals surface area contributed by atoms with E-state index in [0.717, 1.165) is 38.5 Å². The molecule has 0 aliphatic rings. The number of amides is 3. The van der Waals surface area contributed by atoms with Crippen molar-refractivity contribution in [3.05, 3.63) is 0 Å². The molecule has 0 aromatic heterocycles. The highest BCUT2D eigenvalue weighted by Gasteiger charge is 2.21. The molecule has 0 aliphatic heterocycles. The smallest absolute Gasteiger partial charge is 0.223 e. The first-order valence-corrected chi connectivity index (χ1v) is 28.8. The maximum atomic E-state index is 13.3. The fraction of sp³-hybridized carbons (Fsp3) is 0.929. The van der Waals surface area contributed by atoms with Crippen LogP contribution in [0.3, 0.4) is 0 Å². The van der Waals surface area contributed by atoms with Gasteiger partial charge in [-0.15, -0.1) is 0 Å². The molecule has 0 spiro atoms. The first kappa shape index (κ1) is 67.8. The Morgan fingerprint density at radius 3 is 1.14 bits per heavy atom.